The van der Waals surface area contributed by atoms with Crippen molar-refractivity contribution in [2.45, 2.75) is 31.7 Å². The third-order valence-electron chi connectivity index (χ3n) is 5.64. The summed E-state index contributed by atoms with van der Waals surface area (Å²) in [5, 5.41) is 0. The number of fused-ring (bicyclic) bond motifs is 1. The van der Waals surface area contributed by atoms with Gasteiger partial charge >= 0.3 is 0 Å². The summed E-state index contributed by atoms with van der Waals surface area (Å²) in [5.74, 6) is 0.737. The van der Waals surface area contributed by atoms with Gasteiger partial charge in [0.1, 0.15) is 5.75 Å². The summed E-state index contributed by atoms with van der Waals surface area (Å²) in [6.07, 6.45) is 1.13. The molecule has 2 aromatic rings. The van der Waals surface area contributed by atoms with Gasteiger partial charge in [0, 0.05) is 18.7 Å². The largest absolute Gasteiger partial charge is 0.338 e. The lowest BCUT2D eigenvalue weighted by atomic mass is 9.91. The van der Waals surface area contributed by atoms with E-state index in [0.29, 0.717) is 34.5 Å². The van der Waals surface area contributed by atoms with Crippen LogP contribution >= 0.6 is 0 Å². The van der Waals surface area contributed by atoms with Crippen LogP contribution in [0.4, 0.5) is 5.69 Å². The monoisotopic (exact) mass is 410 g/mol. The van der Waals surface area contributed by atoms with E-state index in [9.17, 15) is 13.8 Å². The Morgan fingerprint density at radius 1 is 1.07 bits per heavy atom. The minimum atomic E-state index is -1.38. The van der Waals surface area contributed by atoms with Gasteiger partial charge in [0.25, 0.3) is 5.91 Å². The third-order valence-corrected chi connectivity index (χ3v) is 6.98. The van der Waals surface area contributed by atoms with Crippen LogP contribution in [-0.2, 0) is 22.1 Å². The first kappa shape index (κ1) is 19.8. The van der Waals surface area contributed by atoms with Gasteiger partial charge in [-0.25, -0.2) is 0 Å². The number of hydrogen-bond donors (Lipinski definition) is 0. The molecule has 0 spiro atoms. The fraction of sp³-hybridized carbons (Fsp3) is 0.391. The fourth-order valence-electron chi connectivity index (χ4n) is 4.41. The van der Waals surface area contributed by atoms with Crippen molar-refractivity contribution in [3.8, 4) is 0 Å². The van der Waals surface area contributed by atoms with Gasteiger partial charge in [0.05, 0.1) is 27.9 Å². The average molecular weight is 411 g/mol. The highest BCUT2D eigenvalue weighted by Gasteiger charge is 2.31. The Labute approximate surface area is 174 Å². The lowest BCUT2D eigenvalue weighted by Crippen LogP contribution is -2.43. The average Bonchev–Trinajstić information content (AvgIpc) is 2.70. The van der Waals surface area contributed by atoms with Gasteiger partial charge in [0.2, 0.25) is 5.91 Å². The van der Waals surface area contributed by atoms with E-state index in [2.05, 4.69) is 13.8 Å². The van der Waals surface area contributed by atoms with Crippen LogP contribution in [0.25, 0.3) is 0 Å². The number of amides is 2. The molecule has 0 aromatic heterocycles. The normalized spacial score (nSPS) is 24.3. The van der Waals surface area contributed by atoms with E-state index in [1.54, 1.807) is 23.1 Å². The molecule has 2 heterocycles. The quantitative estimate of drug-likeness (QED) is 0.779. The predicted octanol–water partition coefficient (Wildman–Crippen LogP) is 3.46. The van der Waals surface area contributed by atoms with E-state index >= 15 is 0 Å². The molecule has 152 valence electrons. The van der Waals surface area contributed by atoms with Crippen molar-refractivity contribution in [3.05, 3.63) is 59.7 Å². The number of rotatable bonds is 3. The second kappa shape index (κ2) is 8.11. The molecule has 1 fully saturated rings. The molecule has 4 rings (SSSR count). The molecule has 0 aliphatic carbocycles. The zero-order valence-corrected chi connectivity index (χ0v) is 17.7. The molecule has 3 unspecified atom stereocenters. The molecule has 2 aliphatic rings. The number of anilines is 1. The van der Waals surface area contributed by atoms with E-state index in [1.165, 1.54) is 0 Å². The van der Waals surface area contributed by atoms with Crippen molar-refractivity contribution in [1.82, 2.24) is 4.90 Å². The van der Waals surface area contributed by atoms with Crippen molar-refractivity contribution in [1.29, 1.82) is 0 Å². The fourth-order valence-corrected chi connectivity index (χ4v) is 5.56. The zero-order valence-electron chi connectivity index (χ0n) is 16.8. The molecule has 0 bridgehead atoms. The molecule has 2 aromatic carbocycles. The first-order chi connectivity index (χ1) is 13.9. The maximum absolute atomic E-state index is 13.2. The van der Waals surface area contributed by atoms with Crippen LogP contribution in [0.3, 0.4) is 0 Å². The first-order valence-corrected chi connectivity index (χ1v) is 11.4. The molecular weight excluding hydrogens is 384 g/mol. The number of carbonyl (C=O) groups is 2. The molecule has 2 aliphatic heterocycles. The summed E-state index contributed by atoms with van der Waals surface area (Å²) >= 11 is 0. The predicted molar refractivity (Wildman–Crippen MR) is 114 cm³/mol. The number of carbonyl (C=O) groups excluding carboxylic acids is 2. The molecule has 1 saturated heterocycles. The Morgan fingerprint density at radius 2 is 1.76 bits per heavy atom. The van der Waals surface area contributed by atoms with Crippen LogP contribution in [0.1, 0.15) is 36.2 Å². The molecule has 0 N–H and O–H groups in total. The maximum Gasteiger partial charge on any atom is 0.253 e. The molecule has 5 nitrogen and oxygen atoms in total. The van der Waals surface area contributed by atoms with Crippen molar-refractivity contribution < 1.29 is 13.8 Å². The lowest BCUT2D eigenvalue weighted by Gasteiger charge is -2.35. The van der Waals surface area contributed by atoms with Gasteiger partial charge in [-0.3, -0.25) is 13.8 Å². The molecular formula is C23H26N2O3S. The molecule has 2 amide bonds. The summed E-state index contributed by atoms with van der Waals surface area (Å²) in [7, 11) is -1.38. The van der Waals surface area contributed by atoms with Crippen molar-refractivity contribution in [2.75, 3.05) is 23.7 Å². The van der Waals surface area contributed by atoms with E-state index in [0.717, 1.165) is 25.1 Å². The van der Waals surface area contributed by atoms with Gasteiger partial charge in [-0.15, -0.1) is 0 Å². The van der Waals surface area contributed by atoms with E-state index in [-0.39, 0.29) is 17.6 Å². The summed E-state index contributed by atoms with van der Waals surface area (Å²) in [4.78, 5) is 30.0. The van der Waals surface area contributed by atoms with Crippen LogP contribution in [0.2, 0.25) is 0 Å². The first-order valence-electron chi connectivity index (χ1n) is 10.1. The van der Waals surface area contributed by atoms with E-state index in [4.69, 9.17) is 0 Å². The molecule has 0 radical (unpaired) electrons. The number of likely N-dealkylation sites (tertiary alicyclic amines) is 1. The standard InChI is InChI=1S/C23H26N2O3S/c1-16-10-17(2)13-24(12-16)23(27)19-8-9-21-20(11-19)25(22(26)15-29(21)28)14-18-6-4-3-5-7-18/h3-9,11,16-17H,10,12-15H2,1-2H3. The molecule has 0 saturated carbocycles. The summed E-state index contributed by atoms with van der Waals surface area (Å²) < 4.78 is 12.5. The minimum absolute atomic E-state index is 0.0188. The Bertz CT molecular complexity index is 950. The summed E-state index contributed by atoms with van der Waals surface area (Å²) in [5.41, 5.74) is 2.14. The summed E-state index contributed by atoms with van der Waals surface area (Å²) in [6.45, 7) is 6.25. The molecule has 6 heteroatoms. The van der Waals surface area contributed by atoms with Crippen molar-refractivity contribution >= 4 is 28.3 Å². The highest BCUT2D eigenvalue weighted by molar-refractivity contribution is 7.86. The van der Waals surface area contributed by atoms with E-state index < -0.39 is 10.8 Å². The van der Waals surface area contributed by atoms with Crippen LogP contribution in [0.5, 0.6) is 0 Å². The zero-order chi connectivity index (χ0) is 20.5. The third kappa shape index (κ3) is 4.13. The minimum Gasteiger partial charge on any atom is -0.338 e. The lowest BCUT2D eigenvalue weighted by molar-refractivity contribution is -0.116. The van der Waals surface area contributed by atoms with Gasteiger partial charge in [-0.1, -0.05) is 44.2 Å². The van der Waals surface area contributed by atoms with Gasteiger partial charge < -0.3 is 9.80 Å². The van der Waals surface area contributed by atoms with Gasteiger partial charge in [-0.05, 0) is 42.0 Å². The van der Waals surface area contributed by atoms with Crippen molar-refractivity contribution in [3.63, 3.8) is 0 Å². The maximum atomic E-state index is 13.2. The Balaban J connectivity index is 1.67. The second-order valence-corrected chi connectivity index (χ2v) is 9.71. The highest BCUT2D eigenvalue weighted by Crippen LogP contribution is 2.32. The van der Waals surface area contributed by atoms with E-state index in [1.807, 2.05) is 35.2 Å². The topological polar surface area (TPSA) is 57.7 Å². The van der Waals surface area contributed by atoms with Crippen LogP contribution < -0.4 is 4.90 Å². The van der Waals surface area contributed by atoms with Crippen LogP contribution in [0, 0.1) is 11.8 Å². The highest BCUT2D eigenvalue weighted by atomic mass is 32.2. The van der Waals surface area contributed by atoms with Gasteiger partial charge in [-0.2, -0.15) is 0 Å². The molecule has 3 atom stereocenters. The van der Waals surface area contributed by atoms with Gasteiger partial charge in [0.15, 0.2) is 0 Å². The second-order valence-electron chi connectivity index (χ2n) is 8.29. The summed E-state index contributed by atoms with van der Waals surface area (Å²) in [6, 6.07) is 15.0. The number of nitrogens with zero attached hydrogens (tertiary/aromatic N) is 2. The molecule has 29 heavy (non-hydrogen) atoms. The van der Waals surface area contributed by atoms with Crippen molar-refractivity contribution in [2.24, 2.45) is 11.8 Å². The smallest absolute Gasteiger partial charge is 0.253 e. The Hall–Kier alpha value is -2.47. The number of hydrogen-bond acceptors (Lipinski definition) is 3. The Morgan fingerprint density at radius 3 is 2.45 bits per heavy atom. The van der Waals surface area contributed by atoms with Crippen LogP contribution in [0.15, 0.2) is 53.4 Å². The van der Waals surface area contributed by atoms with Crippen LogP contribution in [-0.4, -0.2) is 39.8 Å². The number of benzene rings is 2. The number of piperidine rings is 1. The Kier molecular flexibility index (Phi) is 5.54. The SMILES string of the molecule is CC1CC(C)CN(C(=O)c2ccc3c(c2)N(Cc2ccccc2)C(=O)CS3=O)C1.